The molecule has 172 valence electrons. The lowest BCUT2D eigenvalue weighted by Gasteiger charge is -2.16. The number of benzene rings is 2. The number of rotatable bonds is 4. The van der Waals surface area contributed by atoms with E-state index in [1.165, 1.54) is 12.4 Å². The van der Waals surface area contributed by atoms with Gasteiger partial charge in [0.1, 0.15) is 29.2 Å². The van der Waals surface area contributed by atoms with Crippen molar-refractivity contribution in [2.75, 3.05) is 6.61 Å². The number of hydrogen-bond acceptors (Lipinski definition) is 6. The normalized spacial score (nSPS) is 16.1. The third kappa shape index (κ3) is 3.37. The zero-order valence-corrected chi connectivity index (χ0v) is 18.3. The fourth-order valence-corrected chi connectivity index (χ4v) is 4.48. The summed E-state index contributed by atoms with van der Waals surface area (Å²) in [5.74, 6) is -1.71. The predicted molar refractivity (Wildman–Crippen MR) is 120 cm³/mol. The molecule has 1 fully saturated rings. The van der Waals surface area contributed by atoms with Crippen LogP contribution in [0.25, 0.3) is 39.5 Å². The second-order valence-corrected chi connectivity index (χ2v) is 8.48. The molecular weight excluding hydrogens is 468 g/mol. The van der Waals surface area contributed by atoms with Crippen LogP contribution < -0.4 is 5.56 Å². The SMILES string of the molecule is O=c1c2c(-c3noc(-c4ccc(F)cc4F)n3)ncn2c2ccc(Cl)cc2n1CC1CCCO1. The van der Waals surface area contributed by atoms with Crippen molar-refractivity contribution < 1.29 is 18.0 Å². The van der Waals surface area contributed by atoms with Crippen molar-refractivity contribution in [3.8, 4) is 23.0 Å². The van der Waals surface area contributed by atoms with Gasteiger partial charge in [0.15, 0.2) is 0 Å². The average molecular weight is 484 g/mol. The van der Waals surface area contributed by atoms with E-state index >= 15 is 0 Å². The molecule has 3 aromatic heterocycles. The summed E-state index contributed by atoms with van der Waals surface area (Å²) in [4.78, 5) is 22.3. The summed E-state index contributed by atoms with van der Waals surface area (Å²) in [6.45, 7) is 1.01. The molecule has 11 heteroatoms. The number of halogens is 3. The van der Waals surface area contributed by atoms with Crippen LogP contribution in [-0.2, 0) is 11.3 Å². The molecule has 1 aliphatic rings. The third-order valence-electron chi connectivity index (χ3n) is 5.91. The van der Waals surface area contributed by atoms with Gasteiger partial charge in [0.25, 0.3) is 11.4 Å². The molecule has 0 N–H and O–H groups in total. The van der Waals surface area contributed by atoms with Gasteiger partial charge < -0.3 is 13.8 Å². The lowest BCUT2D eigenvalue weighted by atomic mass is 10.2. The van der Waals surface area contributed by atoms with Crippen molar-refractivity contribution in [1.29, 1.82) is 0 Å². The summed E-state index contributed by atoms with van der Waals surface area (Å²) in [6, 6.07) is 8.29. The maximum absolute atomic E-state index is 14.2. The number of fused-ring (bicyclic) bond motifs is 3. The fraction of sp³-hybridized carbons (Fsp3) is 0.217. The minimum atomic E-state index is -0.841. The first-order valence-electron chi connectivity index (χ1n) is 10.6. The summed E-state index contributed by atoms with van der Waals surface area (Å²) in [5, 5.41) is 4.40. The second kappa shape index (κ2) is 8.00. The maximum atomic E-state index is 14.2. The zero-order valence-electron chi connectivity index (χ0n) is 17.5. The molecule has 1 aliphatic heterocycles. The second-order valence-electron chi connectivity index (χ2n) is 8.04. The third-order valence-corrected chi connectivity index (χ3v) is 6.15. The molecule has 4 heterocycles. The van der Waals surface area contributed by atoms with Gasteiger partial charge >= 0.3 is 0 Å². The van der Waals surface area contributed by atoms with Gasteiger partial charge in [0.2, 0.25) is 5.82 Å². The molecule has 5 aromatic rings. The molecule has 1 saturated heterocycles. The molecule has 1 unspecified atom stereocenters. The van der Waals surface area contributed by atoms with Crippen molar-refractivity contribution in [1.82, 2.24) is 24.1 Å². The first-order valence-corrected chi connectivity index (χ1v) is 11.0. The molecular formula is C23H16ClF2N5O3. The summed E-state index contributed by atoms with van der Waals surface area (Å²) < 4.78 is 41.7. The van der Waals surface area contributed by atoms with Crippen LogP contribution in [0.3, 0.4) is 0 Å². The molecule has 2 aromatic carbocycles. The Hall–Kier alpha value is -3.63. The standard InChI is InChI=1S/C23H16ClF2N5O3/c24-12-3-6-17-18(8-12)30(10-14-2-1-7-33-14)23(32)20-19(27-11-31(17)20)21-28-22(34-29-21)15-5-4-13(25)9-16(15)26/h3-6,8-9,11,14H,1-2,7,10H2. The number of imidazole rings is 1. The van der Waals surface area contributed by atoms with E-state index in [0.717, 1.165) is 25.0 Å². The van der Waals surface area contributed by atoms with E-state index in [4.69, 9.17) is 20.9 Å². The van der Waals surface area contributed by atoms with Gasteiger partial charge in [-0.05, 0) is 43.2 Å². The molecule has 6 rings (SSSR count). The number of ether oxygens (including phenoxy) is 1. The quantitative estimate of drug-likeness (QED) is 0.374. The van der Waals surface area contributed by atoms with Crippen LogP contribution in [0, 0.1) is 11.6 Å². The van der Waals surface area contributed by atoms with Gasteiger partial charge in [0, 0.05) is 17.7 Å². The topological polar surface area (TPSA) is 87.5 Å². The molecule has 0 saturated carbocycles. The summed E-state index contributed by atoms with van der Waals surface area (Å²) in [6.07, 6.45) is 3.19. The van der Waals surface area contributed by atoms with Gasteiger partial charge in [-0.3, -0.25) is 9.20 Å². The smallest absolute Gasteiger partial charge is 0.277 e. The van der Waals surface area contributed by atoms with E-state index in [1.807, 2.05) is 0 Å². The Labute approximate surface area is 195 Å². The molecule has 0 aliphatic carbocycles. The minimum Gasteiger partial charge on any atom is -0.376 e. The molecule has 34 heavy (non-hydrogen) atoms. The number of nitrogens with zero attached hydrogens (tertiary/aromatic N) is 5. The lowest BCUT2D eigenvalue weighted by Crippen LogP contribution is -2.28. The van der Waals surface area contributed by atoms with Crippen LogP contribution in [0.2, 0.25) is 5.02 Å². The Morgan fingerprint density at radius 2 is 2.03 bits per heavy atom. The molecule has 0 bridgehead atoms. The minimum absolute atomic E-state index is 0.00954. The van der Waals surface area contributed by atoms with Crippen molar-refractivity contribution >= 4 is 28.2 Å². The summed E-state index contributed by atoms with van der Waals surface area (Å²) in [7, 11) is 0. The van der Waals surface area contributed by atoms with Crippen LogP contribution in [0.5, 0.6) is 0 Å². The van der Waals surface area contributed by atoms with Gasteiger partial charge in [-0.15, -0.1) is 0 Å². The molecule has 0 radical (unpaired) electrons. The molecule has 1 atom stereocenters. The van der Waals surface area contributed by atoms with Crippen LogP contribution in [0.15, 0.2) is 52.0 Å². The Bertz CT molecular complexity index is 1620. The predicted octanol–water partition coefficient (Wildman–Crippen LogP) is 4.48. The Morgan fingerprint density at radius 3 is 2.82 bits per heavy atom. The van der Waals surface area contributed by atoms with Gasteiger partial charge in [-0.25, -0.2) is 13.8 Å². The summed E-state index contributed by atoms with van der Waals surface area (Å²) in [5.41, 5.74) is 1.40. The van der Waals surface area contributed by atoms with E-state index in [2.05, 4.69) is 15.1 Å². The van der Waals surface area contributed by atoms with Crippen LogP contribution in [0.4, 0.5) is 8.78 Å². The highest BCUT2D eigenvalue weighted by Gasteiger charge is 2.24. The van der Waals surface area contributed by atoms with Crippen LogP contribution >= 0.6 is 11.6 Å². The highest BCUT2D eigenvalue weighted by Crippen LogP contribution is 2.28. The van der Waals surface area contributed by atoms with Crippen LogP contribution in [-0.4, -0.2) is 36.8 Å². The van der Waals surface area contributed by atoms with Crippen molar-refractivity contribution in [3.05, 3.63) is 69.7 Å². The molecule has 0 spiro atoms. The zero-order chi connectivity index (χ0) is 23.4. The first kappa shape index (κ1) is 20.9. The highest BCUT2D eigenvalue weighted by molar-refractivity contribution is 6.31. The Balaban J connectivity index is 1.54. The molecule has 8 nitrogen and oxygen atoms in total. The van der Waals surface area contributed by atoms with E-state index in [-0.39, 0.29) is 40.2 Å². The monoisotopic (exact) mass is 483 g/mol. The van der Waals surface area contributed by atoms with E-state index < -0.39 is 11.6 Å². The van der Waals surface area contributed by atoms with E-state index in [9.17, 15) is 13.6 Å². The van der Waals surface area contributed by atoms with Gasteiger partial charge in [0.05, 0.1) is 29.2 Å². The number of aromatic nitrogens is 5. The Kier molecular flexibility index (Phi) is 4.93. The molecule has 0 amide bonds. The van der Waals surface area contributed by atoms with Crippen molar-refractivity contribution in [2.45, 2.75) is 25.5 Å². The maximum Gasteiger partial charge on any atom is 0.277 e. The lowest BCUT2D eigenvalue weighted by molar-refractivity contribution is 0.0973. The van der Waals surface area contributed by atoms with E-state index in [1.54, 1.807) is 27.2 Å². The number of hydrogen-bond donors (Lipinski definition) is 0. The van der Waals surface area contributed by atoms with Gasteiger partial charge in [-0.2, -0.15) is 4.98 Å². The Morgan fingerprint density at radius 1 is 1.15 bits per heavy atom. The average Bonchev–Trinajstić information content (AvgIpc) is 3.57. The van der Waals surface area contributed by atoms with Crippen LogP contribution in [0.1, 0.15) is 12.8 Å². The highest BCUT2D eigenvalue weighted by atomic mass is 35.5. The first-order chi connectivity index (χ1) is 16.5. The largest absolute Gasteiger partial charge is 0.376 e. The van der Waals surface area contributed by atoms with Crippen molar-refractivity contribution in [2.24, 2.45) is 0 Å². The van der Waals surface area contributed by atoms with E-state index in [0.29, 0.717) is 29.2 Å². The fourth-order valence-electron chi connectivity index (χ4n) is 4.32. The summed E-state index contributed by atoms with van der Waals surface area (Å²) >= 11 is 6.24. The van der Waals surface area contributed by atoms with Gasteiger partial charge in [-0.1, -0.05) is 16.8 Å². The van der Waals surface area contributed by atoms with Crippen molar-refractivity contribution in [3.63, 3.8) is 0 Å².